The van der Waals surface area contributed by atoms with Crippen molar-refractivity contribution in [3.8, 4) is 0 Å². The second-order valence-electron chi connectivity index (χ2n) is 6.98. The molecule has 7 heteroatoms. The maximum atomic E-state index is 11.7. The predicted octanol–water partition coefficient (Wildman–Crippen LogP) is 0.899. The first-order valence-electron chi connectivity index (χ1n) is 8.49. The number of amides is 1. The molecule has 0 aliphatic heterocycles. The van der Waals surface area contributed by atoms with Crippen LogP contribution in [0.2, 0.25) is 0 Å². The number of hydrogen-bond donors (Lipinski definition) is 3. The summed E-state index contributed by atoms with van der Waals surface area (Å²) in [6, 6.07) is -0.908. The van der Waals surface area contributed by atoms with Gasteiger partial charge in [-0.1, -0.05) is 0 Å². The number of carbonyl (C=O) groups excluding carboxylic acids is 3. The van der Waals surface area contributed by atoms with Gasteiger partial charge in [-0.2, -0.15) is 0 Å². The molecule has 0 radical (unpaired) electrons. The number of hydrogen-bond acceptors (Lipinski definition) is 6. The molecule has 2 atom stereocenters. The minimum atomic E-state index is -0.790. The summed E-state index contributed by atoms with van der Waals surface area (Å²) in [5.74, 6) is -0.499. The lowest BCUT2D eigenvalue weighted by molar-refractivity contribution is -0.156. The maximum Gasteiger partial charge on any atom is 0.323 e. The van der Waals surface area contributed by atoms with Gasteiger partial charge in [0.05, 0.1) is 6.04 Å². The second kappa shape index (κ2) is 11.1. The molecule has 24 heavy (non-hydrogen) atoms. The van der Waals surface area contributed by atoms with Gasteiger partial charge in [-0.25, -0.2) is 0 Å². The fourth-order valence-electron chi connectivity index (χ4n) is 2.12. The molecule has 0 saturated heterocycles. The molecular weight excluding hydrogens is 310 g/mol. The molecule has 0 saturated carbocycles. The lowest BCUT2D eigenvalue weighted by Crippen LogP contribution is -2.38. The lowest BCUT2D eigenvalue weighted by atomic mass is 10.1. The number of ether oxygens (including phenoxy) is 1. The monoisotopic (exact) mass is 343 g/mol. The Hall–Kier alpha value is -1.47. The summed E-state index contributed by atoms with van der Waals surface area (Å²) in [5.41, 5.74) is 5.15. The largest absolute Gasteiger partial charge is 0.459 e. The first-order valence-corrected chi connectivity index (χ1v) is 8.49. The molecule has 0 aliphatic carbocycles. The molecule has 0 heterocycles. The molecule has 0 aromatic carbocycles. The molecule has 0 bridgehead atoms. The lowest BCUT2D eigenvalue weighted by Gasteiger charge is -2.22. The van der Waals surface area contributed by atoms with E-state index in [1.165, 1.54) is 0 Å². The van der Waals surface area contributed by atoms with Crippen LogP contribution in [-0.4, -0.2) is 48.9 Å². The van der Waals surface area contributed by atoms with E-state index in [0.717, 1.165) is 19.3 Å². The number of nitrogens with one attached hydrogen (secondary N) is 2. The Labute approximate surface area is 145 Å². The van der Waals surface area contributed by atoms with Crippen LogP contribution < -0.4 is 16.4 Å². The number of nitrogens with two attached hydrogens (primary N) is 1. The van der Waals surface area contributed by atoms with Crippen LogP contribution in [0.5, 0.6) is 0 Å². The average molecular weight is 343 g/mol. The maximum absolute atomic E-state index is 11.7. The second-order valence-corrected chi connectivity index (χ2v) is 6.98. The predicted molar refractivity (Wildman–Crippen MR) is 93.4 cm³/mol. The Kier molecular flexibility index (Phi) is 10.5. The molecule has 2 unspecified atom stereocenters. The molecule has 1 amide bonds. The van der Waals surface area contributed by atoms with E-state index in [2.05, 4.69) is 10.6 Å². The smallest absolute Gasteiger partial charge is 0.323 e. The minimum Gasteiger partial charge on any atom is -0.459 e. The summed E-state index contributed by atoms with van der Waals surface area (Å²) < 4.78 is 5.17. The highest BCUT2D eigenvalue weighted by Gasteiger charge is 2.22. The van der Waals surface area contributed by atoms with Gasteiger partial charge in [0.1, 0.15) is 17.4 Å². The first-order chi connectivity index (χ1) is 11.1. The zero-order valence-electron chi connectivity index (χ0n) is 15.6. The topological polar surface area (TPSA) is 111 Å². The minimum absolute atomic E-state index is 0.118. The number of likely N-dealkylation sites (N-methyl/N-ethyl adjacent to an activating group) is 1. The molecule has 140 valence electrons. The van der Waals surface area contributed by atoms with Gasteiger partial charge in [-0.15, -0.1) is 0 Å². The number of Topliss-reactive ketones (excluding diaryl/α,β-unsaturated/α-hetero) is 1. The van der Waals surface area contributed by atoms with Crippen molar-refractivity contribution in [3.05, 3.63) is 0 Å². The van der Waals surface area contributed by atoms with Crippen molar-refractivity contribution >= 4 is 17.7 Å². The quantitative estimate of drug-likeness (QED) is 0.380. The molecule has 0 spiro atoms. The Morgan fingerprint density at radius 1 is 1.12 bits per heavy atom. The van der Waals surface area contributed by atoms with E-state index in [1.807, 2.05) is 0 Å². The van der Waals surface area contributed by atoms with Gasteiger partial charge < -0.3 is 21.1 Å². The first kappa shape index (κ1) is 22.5. The Morgan fingerprint density at radius 3 is 2.25 bits per heavy atom. The number of ketones is 1. The van der Waals surface area contributed by atoms with Crippen LogP contribution in [0.15, 0.2) is 0 Å². The summed E-state index contributed by atoms with van der Waals surface area (Å²) in [5, 5.41) is 5.76. The summed E-state index contributed by atoms with van der Waals surface area (Å²) >= 11 is 0. The highest BCUT2D eigenvalue weighted by molar-refractivity contribution is 5.81. The molecule has 7 nitrogen and oxygen atoms in total. The SMILES string of the molecule is CNC(CCCCNC(=O)CCC(N)C(=O)OC(C)(C)C)C(C)=O. The Balaban J connectivity index is 3.84. The summed E-state index contributed by atoms with van der Waals surface area (Å²) in [4.78, 5) is 34.7. The van der Waals surface area contributed by atoms with Crippen molar-refractivity contribution < 1.29 is 19.1 Å². The zero-order chi connectivity index (χ0) is 18.8. The molecule has 0 aromatic rings. The van der Waals surface area contributed by atoms with E-state index in [-0.39, 0.29) is 30.6 Å². The summed E-state index contributed by atoms with van der Waals surface area (Å²) in [6.45, 7) is 7.44. The van der Waals surface area contributed by atoms with E-state index < -0.39 is 17.6 Å². The third-order valence-electron chi connectivity index (χ3n) is 3.47. The number of esters is 1. The molecular formula is C17H33N3O4. The fraction of sp³-hybridized carbons (Fsp3) is 0.824. The van der Waals surface area contributed by atoms with Gasteiger partial charge in [0.15, 0.2) is 0 Å². The van der Waals surface area contributed by atoms with Gasteiger partial charge in [0.2, 0.25) is 5.91 Å². The number of unbranched alkanes of at least 4 members (excludes halogenated alkanes) is 1. The van der Waals surface area contributed by atoms with E-state index in [9.17, 15) is 14.4 Å². The van der Waals surface area contributed by atoms with E-state index in [0.29, 0.717) is 6.54 Å². The van der Waals surface area contributed by atoms with Gasteiger partial charge in [-0.3, -0.25) is 14.4 Å². The zero-order valence-corrected chi connectivity index (χ0v) is 15.6. The van der Waals surface area contributed by atoms with Gasteiger partial charge in [0.25, 0.3) is 0 Å². The highest BCUT2D eigenvalue weighted by Crippen LogP contribution is 2.09. The van der Waals surface area contributed by atoms with Crippen LogP contribution in [0.4, 0.5) is 0 Å². The van der Waals surface area contributed by atoms with Crippen molar-refractivity contribution in [1.29, 1.82) is 0 Å². The molecule has 0 aliphatic rings. The Morgan fingerprint density at radius 2 is 1.75 bits per heavy atom. The van der Waals surface area contributed by atoms with Crippen molar-refractivity contribution in [2.45, 2.75) is 77.5 Å². The van der Waals surface area contributed by atoms with E-state index in [1.54, 1.807) is 34.7 Å². The van der Waals surface area contributed by atoms with Crippen molar-refractivity contribution in [1.82, 2.24) is 10.6 Å². The van der Waals surface area contributed by atoms with Crippen LogP contribution in [0, 0.1) is 0 Å². The van der Waals surface area contributed by atoms with Crippen LogP contribution in [0.25, 0.3) is 0 Å². The van der Waals surface area contributed by atoms with E-state index in [4.69, 9.17) is 10.5 Å². The standard InChI is InChI=1S/C17H33N3O4/c1-12(21)14(19-5)8-6-7-11-20-15(22)10-9-13(18)16(23)24-17(2,3)4/h13-14,19H,6-11,18H2,1-5H3,(H,20,22). The summed E-state index contributed by atoms with van der Waals surface area (Å²) in [6.07, 6.45) is 2.85. The molecule has 0 aromatic heterocycles. The van der Waals surface area contributed by atoms with Crippen LogP contribution in [0.1, 0.15) is 59.8 Å². The van der Waals surface area contributed by atoms with Crippen molar-refractivity contribution in [2.24, 2.45) is 5.73 Å². The van der Waals surface area contributed by atoms with Crippen LogP contribution >= 0.6 is 0 Å². The van der Waals surface area contributed by atoms with Crippen LogP contribution in [-0.2, 0) is 19.1 Å². The van der Waals surface area contributed by atoms with Crippen molar-refractivity contribution in [2.75, 3.05) is 13.6 Å². The Bertz CT molecular complexity index is 419. The summed E-state index contributed by atoms with van der Waals surface area (Å²) in [7, 11) is 1.77. The third-order valence-corrected chi connectivity index (χ3v) is 3.47. The molecule has 4 N–H and O–H groups in total. The van der Waals surface area contributed by atoms with Gasteiger partial charge in [0, 0.05) is 13.0 Å². The van der Waals surface area contributed by atoms with Gasteiger partial charge >= 0.3 is 5.97 Å². The van der Waals surface area contributed by atoms with E-state index >= 15 is 0 Å². The average Bonchev–Trinajstić information content (AvgIpc) is 2.46. The van der Waals surface area contributed by atoms with Crippen LogP contribution in [0.3, 0.4) is 0 Å². The third kappa shape index (κ3) is 11.1. The van der Waals surface area contributed by atoms with Gasteiger partial charge in [-0.05, 0) is 60.4 Å². The molecule has 0 rings (SSSR count). The fourth-order valence-corrected chi connectivity index (χ4v) is 2.12. The highest BCUT2D eigenvalue weighted by atomic mass is 16.6. The number of carbonyl (C=O) groups is 3. The van der Waals surface area contributed by atoms with Crippen molar-refractivity contribution in [3.63, 3.8) is 0 Å². The normalized spacial score (nSPS) is 13.9. The molecule has 0 fully saturated rings. The number of rotatable bonds is 11.